The zero-order valence-electron chi connectivity index (χ0n) is 11.9. The van der Waals surface area contributed by atoms with Crippen LogP contribution in [0.3, 0.4) is 0 Å². The molecule has 0 spiro atoms. The second kappa shape index (κ2) is 8.42. The Kier molecular flexibility index (Phi) is 7.23. The monoisotopic (exact) mass is 286 g/mol. The number of rotatable bonds is 9. The number of halogens is 1. The molecule has 1 rings (SSSR count). The molecule has 0 amide bonds. The van der Waals surface area contributed by atoms with Gasteiger partial charge in [-0.1, -0.05) is 12.1 Å². The van der Waals surface area contributed by atoms with Crippen LogP contribution in [0.4, 0.5) is 4.39 Å². The van der Waals surface area contributed by atoms with Crippen LogP contribution in [0, 0.1) is 5.82 Å². The van der Waals surface area contributed by atoms with Crippen molar-refractivity contribution in [1.82, 2.24) is 0 Å². The molecule has 1 aromatic carbocycles. The average Bonchev–Trinajstić information content (AvgIpc) is 2.39. The van der Waals surface area contributed by atoms with Crippen LogP contribution >= 0.6 is 0 Å². The molecule has 0 radical (unpaired) electrons. The molecule has 0 aromatic heterocycles. The second-order valence-corrected chi connectivity index (χ2v) is 7.09. The summed E-state index contributed by atoms with van der Waals surface area (Å²) in [5, 5.41) is 0. The Morgan fingerprint density at radius 3 is 2.37 bits per heavy atom. The molecule has 3 nitrogen and oxygen atoms in total. The fraction of sp³-hybridized carbons (Fsp3) is 0.571. The highest BCUT2D eigenvalue weighted by Gasteiger charge is 2.38. The maximum atomic E-state index is 13.1. The summed E-state index contributed by atoms with van der Waals surface area (Å²) in [5.41, 5.74) is 0.993. The first-order valence-electron chi connectivity index (χ1n) is 6.73. The summed E-state index contributed by atoms with van der Waals surface area (Å²) < 4.78 is 30.0. The second-order valence-electron chi connectivity index (χ2n) is 4.24. The molecular weight excluding hydrogens is 263 g/mol. The van der Waals surface area contributed by atoms with Crippen LogP contribution in [-0.4, -0.2) is 29.1 Å². The van der Waals surface area contributed by atoms with Gasteiger partial charge in [0, 0.05) is 26.4 Å². The topological polar surface area (TPSA) is 27.7 Å². The minimum absolute atomic E-state index is 0.192. The van der Waals surface area contributed by atoms with Gasteiger partial charge in [-0.25, -0.2) is 4.39 Å². The number of hydrogen-bond donors (Lipinski definition) is 0. The maximum absolute atomic E-state index is 13.1. The first-order chi connectivity index (χ1) is 9.15. The van der Waals surface area contributed by atoms with Crippen molar-refractivity contribution in [2.24, 2.45) is 0 Å². The predicted molar refractivity (Wildman–Crippen MR) is 75.5 cm³/mol. The van der Waals surface area contributed by atoms with Gasteiger partial charge in [0.05, 0.1) is 0 Å². The predicted octanol–water partition coefficient (Wildman–Crippen LogP) is 3.42. The fourth-order valence-electron chi connectivity index (χ4n) is 2.05. The van der Waals surface area contributed by atoms with E-state index < -0.39 is 8.80 Å². The first kappa shape index (κ1) is 16.3. The standard InChI is InChI=1S/C14H23FO3Si/c1-4-17-19(16-3,18-5-2)11-7-9-13-8-6-10-14(15)12-13/h6,8,10,12H,4-5,7,9,11H2,1-3H3. The number of hydrogen-bond acceptors (Lipinski definition) is 3. The Hall–Kier alpha value is -0.753. The lowest BCUT2D eigenvalue weighted by atomic mass is 10.1. The summed E-state index contributed by atoms with van der Waals surface area (Å²) in [6.45, 7) is 5.04. The number of benzene rings is 1. The van der Waals surface area contributed by atoms with Gasteiger partial charge in [-0.15, -0.1) is 0 Å². The maximum Gasteiger partial charge on any atom is 0.500 e. The Morgan fingerprint density at radius 2 is 1.84 bits per heavy atom. The molecule has 0 atom stereocenters. The van der Waals surface area contributed by atoms with Gasteiger partial charge in [-0.05, 0) is 44.4 Å². The summed E-state index contributed by atoms with van der Waals surface area (Å²) in [4.78, 5) is 0. The van der Waals surface area contributed by atoms with Crippen molar-refractivity contribution in [2.75, 3.05) is 20.3 Å². The third kappa shape index (κ3) is 5.40. The molecule has 0 N–H and O–H groups in total. The lowest BCUT2D eigenvalue weighted by molar-refractivity contribution is 0.0861. The average molecular weight is 286 g/mol. The van der Waals surface area contributed by atoms with E-state index in [0.717, 1.165) is 24.4 Å². The van der Waals surface area contributed by atoms with Gasteiger partial charge in [0.15, 0.2) is 0 Å². The summed E-state index contributed by atoms with van der Waals surface area (Å²) in [6, 6.07) is 7.44. The largest absolute Gasteiger partial charge is 0.500 e. The summed E-state index contributed by atoms with van der Waals surface area (Å²) in [7, 11) is -0.892. The van der Waals surface area contributed by atoms with Crippen LogP contribution in [0.25, 0.3) is 0 Å². The van der Waals surface area contributed by atoms with E-state index in [1.165, 1.54) is 6.07 Å². The molecule has 0 aliphatic heterocycles. The van der Waals surface area contributed by atoms with E-state index in [0.29, 0.717) is 13.2 Å². The Bertz CT molecular complexity index is 367. The quantitative estimate of drug-likeness (QED) is 0.651. The SMILES string of the molecule is CCO[Si](CCCc1cccc(F)c1)(OC)OCC. The van der Waals surface area contributed by atoms with E-state index in [1.54, 1.807) is 19.2 Å². The normalized spacial score (nSPS) is 11.8. The lowest BCUT2D eigenvalue weighted by Gasteiger charge is -2.27. The van der Waals surface area contributed by atoms with E-state index in [9.17, 15) is 4.39 Å². The molecule has 1 aromatic rings. The Morgan fingerprint density at radius 1 is 1.16 bits per heavy atom. The van der Waals surface area contributed by atoms with Crippen LogP contribution in [0.1, 0.15) is 25.8 Å². The van der Waals surface area contributed by atoms with E-state index in [4.69, 9.17) is 13.3 Å². The zero-order chi connectivity index (χ0) is 14.1. The van der Waals surface area contributed by atoms with Crippen LogP contribution in [0.2, 0.25) is 6.04 Å². The minimum Gasteiger partial charge on any atom is -0.377 e. The zero-order valence-corrected chi connectivity index (χ0v) is 12.9. The molecule has 0 heterocycles. The van der Waals surface area contributed by atoms with Crippen molar-refractivity contribution >= 4 is 8.80 Å². The van der Waals surface area contributed by atoms with Crippen molar-refractivity contribution in [2.45, 2.75) is 32.7 Å². The van der Waals surface area contributed by atoms with Crippen molar-refractivity contribution in [3.63, 3.8) is 0 Å². The molecule has 108 valence electrons. The molecule has 0 fully saturated rings. The molecule has 0 aliphatic carbocycles. The van der Waals surface area contributed by atoms with Crippen LogP contribution in [0.15, 0.2) is 24.3 Å². The molecule has 5 heteroatoms. The van der Waals surface area contributed by atoms with Gasteiger partial charge in [0.1, 0.15) is 5.82 Å². The summed E-state index contributed by atoms with van der Waals surface area (Å²) in [5.74, 6) is -0.192. The van der Waals surface area contributed by atoms with Crippen molar-refractivity contribution in [3.05, 3.63) is 35.6 Å². The number of aryl methyl sites for hydroxylation is 1. The Labute approximate surface area is 116 Å². The van der Waals surface area contributed by atoms with E-state index in [-0.39, 0.29) is 5.82 Å². The molecule has 19 heavy (non-hydrogen) atoms. The van der Waals surface area contributed by atoms with Crippen molar-refractivity contribution in [3.8, 4) is 0 Å². The van der Waals surface area contributed by atoms with E-state index >= 15 is 0 Å². The molecular formula is C14H23FO3Si. The van der Waals surface area contributed by atoms with Crippen molar-refractivity contribution in [1.29, 1.82) is 0 Å². The smallest absolute Gasteiger partial charge is 0.377 e. The van der Waals surface area contributed by atoms with Gasteiger partial charge in [-0.2, -0.15) is 0 Å². The molecule has 0 bridgehead atoms. The third-order valence-corrected chi connectivity index (χ3v) is 5.92. The summed E-state index contributed by atoms with van der Waals surface area (Å²) in [6.07, 6.45) is 1.67. The lowest BCUT2D eigenvalue weighted by Crippen LogP contribution is -2.44. The minimum atomic E-state index is -2.53. The van der Waals surface area contributed by atoms with Gasteiger partial charge in [0.2, 0.25) is 0 Å². The van der Waals surface area contributed by atoms with Crippen LogP contribution in [0.5, 0.6) is 0 Å². The van der Waals surface area contributed by atoms with Crippen molar-refractivity contribution < 1.29 is 17.7 Å². The summed E-state index contributed by atoms with van der Waals surface area (Å²) >= 11 is 0. The van der Waals surface area contributed by atoms with Gasteiger partial charge < -0.3 is 13.3 Å². The van der Waals surface area contributed by atoms with Crippen LogP contribution < -0.4 is 0 Å². The first-order valence-corrected chi connectivity index (χ1v) is 8.66. The molecule has 0 saturated carbocycles. The molecule has 0 saturated heterocycles. The van der Waals surface area contributed by atoms with E-state index in [2.05, 4.69) is 0 Å². The van der Waals surface area contributed by atoms with E-state index in [1.807, 2.05) is 19.9 Å². The highest BCUT2D eigenvalue weighted by molar-refractivity contribution is 6.60. The highest BCUT2D eigenvalue weighted by Crippen LogP contribution is 2.19. The van der Waals surface area contributed by atoms with Gasteiger partial charge in [0.25, 0.3) is 0 Å². The fourth-order valence-corrected chi connectivity index (χ4v) is 4.35. The Balaban J connectivity index is 2.51. The highest BCUT2D eigenvalue weighted by atomic mass is 28.4. The molecule has 0 aliphatic rings. The molecule has 0 unspecified atom stereocenters. The van der Waals surface area contributed by atoms with Gasteiger partial charge in [-0.3, -0.25) is 0 Å². The van der Waals surface area contributed by atoms with Gasteiger partial charge >= 0.3 is 8.80 Å². The van der Waals surface area contributed by atoms with Crippen LogP contribution in [-0.2, 0) is 19.7 Å². The third-order valence-electron chi connectivity index (χ3n) is 2.88.